The summed E-state index contributed by atoms with van der Waals surface area (Å²) >= 11 is 5.89. The molecule has 0 radical (unpaired) electrons. The normalized spacial score (nSPS) is 18.6. The lowest BCUT2D eigenvalue weighted by Gasteiger charge is -2.34. The average Bonchev–Trinajstić information content (AvgIpc) is 2.38. The quantitative estimate of drug-likeness (QED) is 0.893. The topological polar surface area (TPSA) is 39.1 Å². The van der Waals surface area contributed by atoms with Crippen molar-refractivity contribution in [1.82, 2.24) is 10.2 Å². The molecule has 0 saturated carbocycles. The Hall–Kier alpha value is -1.08. The highest BCUT2D eigenvalue weighted by atomic mass is 35.5. The number of rotatable bonds is 3. The van der Waals surface area contributed by atoms with Crippen molar-refractivity contribution in [1.29, 1.82) is 5.26 Å². The third-order valence-electron chi connectivity index (χ3n) is 3.13. The van der Waals surface area contributed by atoms with E-state index in [1.807, 2.05) is 24.3 Å². The van der Waals surface area contributed by atoms with Crippen LogP contribution >= 0.6 is 11.6 Å². The van der Waals surface area contributed by atoms with Gasteiger partial charge in [0.1, 0.15) is 0 Å². The van der Waals surface area contributed by atoms with Gasteiger partial charge in [-0.2, -0.15) is 5.26 Å². The fourth-order valence-electron chi connectivity index (χ4n) is 2.22. The first-order chi connectivity index (χ1) is 8.31. The van der Waals surface area contributed by atoms with Gasteiger partial charge in [-0.3, -0.25) is 4.90 Å². The summed E-state index contributed by atoms with van der Waals surface area (Å²) in [5, 5.41) is 13.0. The molecule has 0 aliphatic carbocycles. The first-order valence-electron chi connectivity index (χ1n) is 5.88. The average molecular weight is 250 g/mol. The van der Waals surface area contributed by atoms with Gasteiger partial charge >= 0.3 is 0 Å². The minimum atomic E-state index is 0.194. The number of benzene rings is 1. The van der Waals surface area contributed by atoms with Crippen molar-refractivity contribution in [3.05, 3.63) is 34.9 Å². The predicted octanol–water partition coefficient (Wildman–Crippen LogP) is 2.20. The Morgan fingerprint density at radius 3 is 2.53 bits per heavy atom. The highest BCUT2D eigenvalue weighted by Crippen LogP contribution is 2.25. The van der Waals surface area contributed by atoms with Crippen molar-refractivity contribution in [2.24, 2.45) is 0 Å². The summed E-state index contributed by atoms with van der Waals surface area (Å²) in [6, 6.07) is 10.3. The van der Waals surface area contributed by atoms with Gasteiger partial charge in [-0.05, 0) is 17.7 Å². The molecule has 90 valence electrons. The number of hydrogen-bond donors (Lipinski definition) is 1. The highest BCUT2D eigenvalue weighted by molar-refractivity contribution is 6.30. The van der Waals surface area contributed by atoms with E-state index in [1.54, 1.807) is 0 Å². The van der Waals surface area contributed by atoms with Gasteiger partial charge in [-0.25, -0.2) is 0 Å². The largest absolute Gasteiger partial charge is 0.314 e. The Balaban J connectivity index is 2.15. The molecule has 1 atom stereocenters. The van der Waals surface area contributed by atoms with Gasteiger partial charge in [0.25, 0.3) is 0 Å². The second kappa shape index (κ2) is 6.02. The molecule has 1 aromatic rings. The van der Waals surface area contributed by atoms with Crippen molar-refractivity contribution in [2.45, 2.75) is 12.5 Å². The van der Waals surface area contributed by atoms with Crippen LogP contribution in [0.2, 0.25) is 5.02 Å². The van der Waals surface area contributed by atoms with Gasteiger partial charge in [0, 0.05) is 37.2 Å². The van der Waals surface area contributed by atoms with Crippen LogP contribution in [-0.2, 0) is 0 Å². The smallest absolute Gasteiger partial charge is 0.0641 e. The molecule has 1 N–H and O–H groups in total. The number of hydrogen-bond acceptors (Lipinski definition) is 3. The number of nitriles is 1. The first kappa shape index (κ1) is 12.4. The van der Waals surface area contributed by atoms with Crippen LogP contribution in [0.25, 0.3) is 0 Å². The van der Waals surface area contributed by atoms with Gasteiger partial charge in [0.15, 0.2) is 0 Å². The Morgan fingerprint density at radius 2 is 1.94 bits per heavy atom. The van der Waals surface area contributed by atoms with E-state index in [-0.39, 0.29) is 6.04 Å². The van der Waals surface area contributed by atoms with E-state index in [9.17, 15) is 0 Å². The zero-order valence-electron chi connectivity index (χ0n) is 9.69. The van der Waals surface area contributed by atoms with E-state index in [4.69, 9.17) is 16.9 Å². The van der Waals surface area contributed by atoms with Crippen molar-refractivity contribution in [3.63, 3.8) is 0 Å². The van der Waals surface area contributed by atoms with Crippen LogP contribution in [0.1, 0.15) is 18.0 Å². The van der Waals surface area contributed by atoms with Crippen LogP contribution in [0.3, 0.4) is 0 Å². The zero-order chi connectivity index (χ0) is 12.1. The minimum absolute atomic E-state index is 0.194. The van der Waals surface area contributed by atoms with Crippen LogP contribution in [0.5, 0.6) is 0 Å². The molecule has 0 aromatic heterocycles. The van der Waals surface area contributed by atoms with E-state index in [1.165, 1.54) is 5.56 Å². The number of piperazine rings is 1. The van der Waals surface area contributed by atoms with Crippen LogP contribution in [0, 0.1) is 11.3 Å². The van der Waals surface area contributed by atoms with Gasteiger partial charge in [-0.1, -0.05) is 23.7 Å². The van der Waals surface area contributed by atoms with Crippen molar-refractivity contribution >= 4 is 11.6 Å². The monoisotopic (exact) mass is 249 g/mol. The molecule has 1 saturated heterocycles. The summed E-state index contributed by atoms with van der Waals surface area (Å²) in [4.78, 5) is 2.36. The van der Waals surface area contributed by atoms with E-state index >= 15 is 0 Å². The third-order valence-corrected chi connectivity index (χ3v) is 3.38. The molecule has 1 aromatic carbocycles. The molecular weight excluding hydrogens is 234 g/mol. The van der Waals surface area contributed by atoms with Crippen LogP contribution in [0.15, 0.2) is 24.3 Å². The van der Waals surface area contributed by atoms with Crippen molar-refractivity contribution in [3.8, 4) is 6.07 Å². The highest BCUT2D eigenvalue weighted by Gasteiger charge is 2.21. The molecule has 17 heavy (non-hydrogen) atoms. The molecule has 0 bridgehead atoms. The SMILES string of the molecule is N#CC[C@H](c1ccc(Cl)cc1)N1CCNCC1. The van der Waals surface area contributed by atoms with E-state index in [0.29, 0.717) is 6.42 Å². The Bertz CT molecular complexity index is 390. The lowest BCUT2D eigenvalue weighted by Crippen LogP contribution is -2.45. The summed E-state index contributed by atoms with van der Waals surface area (Å²) in [7, 11) is 0. The third kappa shape index (κ3) is 3.19. The predicted molar refractivity (Wildman–Crippen MR) is 68.9 cm³/mol. The fourth-order valence-corrected chi connectivity index (χ4v) is 2.35. The summed E-state index contributed by atoms with van der Waals surface area (Å²) in [6.45, 7) is 3.98. The van der Waals surface area contributed by atoms with Crippen LogP contribution in [-0.4, -0.2) is 31.1 Å². The van der Waals surface area contributed by atoms with Gasteiger partial charge in [-0.15, -0.1) is 0 Å². The molecule has 1 heterocycles. The maximum Gasteiger partial charge on any atom is 0.0641 e. The molecule has 2 rings (SSSR count). The standard InChI is InChI=1S/C13H16ClN3/c14-12-3-1-11(2-4-12)13(5-6-15)17-9-7-16-8-10-17/h1-4,13,16H,5,7-10H2/t13-/m1/s1. The fraction of sp³-hybridized carbons (Fsp3) is 0.462. The number of nitrogens with one attached hydrogen (secondary N) is 1. The van der Waals surface area contributed by atoms with Crippen molar-refractivity contribution < 1.29 is 0 Å². The first-order valence-corrected chi connectivity index (χ1v) is 6.26. The molecule has 0 amide bonds. The molecular formula is C13H16ClN3. The summed E-state index contributed by atoms with van der Waals surface area (Å²) in [5.41, 5.74) is 1.18. The second-order valence-electron chi connectivity index (χ2n) is 4.22. The van der Waals surface area contributed by atoms with E-state index in [0.717, 1.165) is 31.2 Å². The lowest BCUT2D eigenvalue weighted by atomic mass is 10.0. The number of nitrogens with zero attached hydrogens (tertiary/aromatic N) is 2. The van der Waals surface area contributed by atoms with E-state index < -0.39 is 0 Å². The molecule has 0 spiro atoms. The maximum absolute atomic E-state index is 8.96. The minimum Gasteiger partial charge on any atom is -0.314 e. The summed E-state index contributed by atoms with van der Waals surface area (Å²) in [5.74, 6) is 0. The van der Waals surface area contributed by atoms with Crippen LogP contribution < -0.4 is 5.32 Å². The maximum atomic E-state index is 8.96. The summed E-state index contributed by atoms with van der Waals surface area (Å²) < 4.78 is 0. The zero-order valence-corrected chi connectivity index (χ0v) is 10.5. The second-order valence-corrected chi connectivity index (χ2v) is 4.65. The molecule has 1 fully saturated rings. The molecule has 4 heteroatoms. The molecule has 3 nitrogen and oxygen atoms in total. The lowest BCUT2D eigenvalue weighted by molar-refractivity contribution is 0.175. The van der Waals surface area contributed by atoms with Crippen molar-refractivity contribution in [2.75, 3.05) is 26.2 Å². The van der Waals surface area contributed by atoms with E-state index in [2.05, 4.69) is 16.3 Å². The Labute approximate surface area is 107 Å². The van der Waals surface area contributed by atoms with Gasteiger partial charge in [0.05, 0.1) is 12.5 Å². The number of halogens is 1. The Morgan fingerprint density at radius 1 is 1.29 bits per heavy atom. The molecule has 1 aliphatic rings. The summed E-state index contributed by atoms with van der Waals surface area (Å²) in [6.07, 6.45) is 0.529. The van der Waals surface area contributed by atoms with Crippen LogP contribution in [0.4, 0.5) is 0 Å². The van der Waals surface area contributed by atoms with Gasteiger partial charge in [0.2, 0.25) is 0 Å². The Kier molecular flexibility index (Phi) is 4.38. The van der Waals surface area contributed by atoms with Gasteiger partial charge < -0.3 is 5.32 Å². The molecule has 1 aliphatic heterocycles. The molecule has 0 unspecified atom stereocenters.